The SMILES string of the molecule is Nc1ccc(N(CCO)CCO)cn1. The van der Waals surface area contributed by atoms with E-state index in [1.54, 1.807) is 12.3 Å². The molecule has 5 nitrogen and oxygen atoms in total. The van der Waals surface area contributed by atoms with Gasteiger partial charge in [-0.25, -0.2) is 4.98 Å². The molecular formula is C9H15N3O2. The minimum absolute atomic E-state index is 0.0460. The topological polar surface area (TPSA) is 82.6 Å². The summed E-state index contributed by atoms with van der Waals surface area (Å²) >= 11 is 0. The number of aliphatic hydroxyl groups is 2. The minimum Gasteiger partial charge on any atom is -0.395 e. The van der Waals surface area contributed by atoms with E-state index in [2.05, 4.69) is 4.98 Å². The predicted molar refractivity (Wildman–Crippen MR) is 55.0 cm³/mol. The smallest absolute Gasteiger partial charge is 0.123 e. The van der Waals surface area contributed by atoms with Crippen LogP contribution in [0.5, 0.6) is 0 Å². The average molecular weight is 197 g/mol. The van der Waals surface area contributed by atoms with Crippen LogP contribution < -0.4 is 10.6 Å². The van der Waals surface area contributed by atoms with Gasteiger partial charge in [0, 0.05) is 13.1 Å². The van der Waals surface area contributed by atoms with Crippen molar-refractivity contribution in [1.29, 1.82) is 0 Å². The van der Waals surface area contributed by atoms with Gasteiger partial charge in [0.15, 0.2) is 0 Å². The molecule has 0 saturated carbocycles. The number of aromatic nitrogens is 1. The molecule has 0 spiro atoms. The number of nitrogens with zero attached hydrogens (tertiary/aromatic N) is 2. The number of nitrogen functional groups attached to an aromatic ring is 1. The first kappa shape index (κ1) is 10.7. The highest BCUT2D eigenvalue weighted by molar-refractivity contribution is 5.47. The Kier molecular flexibility index (Phi) is 4.15. The van der Waals surface area contributed by atoms with E-state index < -0.39 is 0 Å². The normalized spacial score (nSPS) is 10.1. The van der Waals surface area contributed by atoms with Crippen LogP contribution in [0.3, 0.4) is 0 Å². The van der Waals surface area contributed by atoms with E-state index in [4.69, 9.17) is 15.9 Å². The van der Waals surface area contributed by atoms with Crippen molar-refractivity contribution in [2.75, 3.05) is 36.9 Å². The van der Waals surface area contributed by atoms with Gasteiger partial charge in [-0.2, -0.15) is 0 Å². The zero-order chi connectivity index (χ0) is 10.4. The van der Waals surface area contributed by atoms with E-state index in [0.717, 1.165) is 5.69 Å². The van der Waals surface area contributed by atoms with E-state index in [1.165, 1.54) is 0 Å². The van der Waals surface area contributed by atoms with Gasteiger partial charge in [0.05, 0.1) is 25.1 Å². The molecule has 0 aromatic carbocycles. The summed E-state index contributed by atoms with van der Waals surface area (Å²) < 4.78 is 0. The number of hydrogen-bond acceptors (Lipinski definition) is 5. The molecule has 1 aromatic heterocycles. The van der Waals surface area contributed by atoms with Crippen LogP contribution in [-0.2, 0) is 0 Å². The van der Waals surface area contributed by atoms with Gasteiger partial charge in [0.1, 0.15) is 5.82 Å². The monoisotopic (exact) mass is 197 g/mol. The highest BCUT2D eigenvalue weighted by Crippen LogP contribution is 2.12. The first-order valence-corrected chi connectivity index (χ1v) is 4.46. The fraction of sp³-hybridized carbons (Fsp3) is 0.444. The van der Waals surface area contributed by atoms with Gasteiger partial charge in [0.2, 0.25) is 0 Å². The number of aliphatic hydroxyl groups excluding tert-OH is 2. The maximum atomic E-state index is 8.81. The summed E-state index contributed by atoms with van der Waals surface area (Å²) in [6.07, 6.45) is 1.63. The third-order valence-corrected chi connectivity index (χ3v) is 1.88. The van der Waals surface area contributed by atoms with Gasteiger partial charge in [-0.15, -0.1) is 0 Å². The van der Waals surface area contributed by atoms with Crippen LogP contribution in [0.1, 0.15) is 0 Å². The summed E-state index contributed by atoms with van der Waals surface area (Å²) in [4.78, 5) is 5.78. The lowest BCUT2D eigenvalue weighted by atomic mass is 10.3. The van der Waals surface area contributed by atoms with Crippen molar-refractivity contribution in [2.24, 2.45) is 0 Å². The molecule has 0 amide bonds. The van der Waals surface area contributed by atoms with Gasteiger partial charge in [-0.1, -0.05) is 0 Å². The van der Waals surface area contributed by atoms with E-state index >= 15 is 0 Å². The largest absolute Gasteiger partial charge is 0.395 e. The van der Waals surface area contributed by atoms with Crippen LogP contribution in [0.25, 0.3) is 0 Å². The summed E-state index contributed by atoms with van der Waals surface area (Å²) in [6, 6.07) is 3.50. The maximum absolute atomic E-state index is 8.81. The molecule has 0 fully saturated rings. The molecule has 0 unspecified atom stereocenters. The summed E-state index contributed by atoms with van der Waals surface area (Å²) in [5, 5.41) is 17.6. The molecule has 0 aliphatic carbocycles. The Hall–Kier alpha value is -1.33. The van der Waals surface area contributed by atoms with Crippen molar-refractivity contribution in [3.8, 4) is 0 Å². The Morgan fingerprint density at radius 2 is 1.86 bits per heavy atom. The molecular weight excluding hydrogens is 182 g/mol. The van der Waals surface area contributed by atoms with Crippen LogP contribution in [0.4, 0.5) is 11.5 Å². The fourth-order valence-electron chi connectivity index (χ4n) is 1.20. The number of pyridine rings is 1. The van der Waals surface area contributed by atoms with Crippen molar-refractivity contribution < 1.29 is 10.2 Å². The molecule has 5 heteroatoms. The Morgan fingerprint density at radius 1 is 1.21 bits per heavy atom. The number of rotatable bonds is 5. The second-order valence-electron chi connectivity index (χ2n) is 2.88. The molecule has 0 bridgehead atoms. The molecule has 0 aliphatic rings. The molecule has 4 N–H and O–H groups in total. The average Bonchev–Trinajstić information content (AvgIpc) is 2.19. The van der Waals surface area contributed by atoms with Gasteiger partial charge < -0.3 is 20.8 Å². The van der Waals surface area contributed by atoms with Gasteiger partial charge in [0.25, 0.3) is 0 Å². The number of nitrogens with two attached hydrogens (primary N) is 1. The summed E-state index contributed by atoms with van der Waals surface area (Å²) in [5.74, 6) is 0.460. The zero-order valence-electron chi connectivity index (χ0n) is 7.93. The quantitative estimate of drug-likeness (QED) is 0.590. The molecule has 0 saturated heterocycles. The van der Waals surface area contributed by atoms with Crippen LogP contribution in [0.15, 0.2) is 18.3 Å². The van der Waals surface area contributed by atoms with Crippen LogP contribution in [0.2, 0.25) is 0 Å². The second kappa shape index (κ2) is 5.41. The summed E-state index contributed by atoms with van der Waals surface area (Å²) in [7, 11) is 0. The lowest BCUT2D eigenvalue weighted by Crippen LogP contribution is -2.29. The van der Waals surface area contributed by atoms with Gasteiger partial charge in [-0.3, -0.25) is 0 Å². The van der Waals surface area contributed by atoms with Crippen LogP contribution in [0, 0.1) is 0 Å². The highest BCUT2D eigenvalue weighted by Gasteiger charge is 2.04. The van der Waals surface area contributed by atoms with Crippen molar-refractivity contribution in [3.63, 3.8) is 0 Å². The third kappa shape index (κ3) is 2.86. The molecule has 1 heterocycles. The Balaban J connectivity index is 2.71. The van der Waals surface area contributed by atoms with E-state index in [-0.39, 0.29) is 13.2 Å². The van der Waals surface area contributed by atoms with E-state index in [1.807, 2.05) is 11.0 Å². The Bertz CT molecular complexity index is 257. The number of anilines is 2. The van der Waals surface area contributed by atoms with Crippen LogP contribution in [-0.4, -0.2) is 41.5 Å². The van der Waals surface area contributed by atoms with Crippen molar-refractivity contribution in [2.45, 2.75) is 0 Å². The van der Waals surface area contributed by atoms with Crippen molar-refractivity contribution in [3.05, 3.63) is 18.3 Å². The molecule has 1 aromatic rings. The zero-order valence-corrected chi connectivity index (χ0v) is 7.93. The van der Waals surface area contributed by atoms with E-state index in [0.29, 0.717) is 18.9 Å². The third-order valence-electron chi connectivity index (χ3n) is 1.88. The summed E-state index contributed by atoms with van der Waals surface area (Å²) in [6.45, 7) is 1.05. The van der Waals surface area contributed by atoms with Gasteiger partial charge in [-0.05, 0) is 12.1 Å². The standard InChI is InChI=1S/C9H15N3O2/c10-9-2-1-8(7-11-9)12(3-5-13)4-6-14/h1-2,7,13-14H,3-6H2,(H2,10,11). The lowest BCUT2D eigenvalue weighted by molar-refractivity contribution is 0.281. The summed E-state index contributed by atoms with van der Waals surface area (Å²) in [5.41, 5.74) is 6.30. The highest BCUT2D eigenvalue weighted by atomic mass is 16.3. The molecule has 0 atom stereocenters. The Labute approximate surface area is 82.8 Å². The van der Waals surface area contributed by atoms with Crippen molar-refractivity contribution in [1.82, 2.24) is 4.98 Å². The second-order valence-corrected chi connectivity index (χ2v) is 2.88. The molecule has 14 heavy (non-hydrogen) atoms. The molecule has 0 radical (unpaired) electrons. The van der Waals surface area contributed by atoms with Gasteiger partial charge >= 0.3 is 0 Å². The maximum Gasteiger partial charge on any atom is 0.123 e. The van der Waals surface area contributed by atoms with Crippen molar-refractivity contribution >= 4 is 11.5 Å². The molecule has 1 rings (SSSR count). The number of hydrogen-bond donors (Lipinski definition) is 3. The predicted octanol–water partition coefficient (Wildman–Crippen LogP) is -0.545. The van der Waals surface area contributed by atoms with E-state index in [9.17, 15) is 0 Å². The first-order valence-electron chi connectivity index (χ1n) is 4.46. The molecule has 78 valence electrons. The first-order chi connectivity index (χ1) is 6.77. The minimum atomic E-state index is 0.0460. The van der Waals surface area contributed by atoms with Crippen LogP contribution >= 0.6 is 0 Å². The fourth-order valence-corrected chi connectivity index (χ4v) is 1.20. The lowest BCUT2D eigenvalue weighted by Gasteiger charge is -2.22. The Morgan fingerprint density at radius 3 is 2.29 bits per heavy atom. The molecule has 0 aliphatic heterocycles.